The highest BCUT2D eigenvalue weighted by atomic mass is 32.1. The zero-order chi connectivity index (χ0) is 28.0. The van der Waals surface area contributed by atoms with Crippen molar-refractivity contribution in [1.82, 2.24) is 20.5 Å². The quantitative estimate of drug-likeness (QED) is 0.481. The Bertz CT molecular complexity index is 1210. The molecule has 3 aliphatic heterocycles. The highest BCUT2D eigenvalue weighted by molar-refractivity contribution is 7.15. The van der Waals surface area contributed by atoms with Gasteiger partial charge in [-0.25, -0.2) is 4.98 Å². The molecule has 3 aliphatic rings. The van der Waals surface area contributed by atoms with Gasteiger partial charge in [0.05, 0.1) is 12.0 Å². The number of ether oxygens (including phenoxy) is 1. The standard InChI is InChI=1S/C30H39N5O4S/c1-21-18-31-29(40-21)34-26(36)20-35-14-10-24-23(19-35)9-5-6-11-30(12-15-39-16-13-30)28(38)33-25(27(37)32-24)17-22-7-3-2-4-8-22/h2-8,18,23-25H,9-17,19-20H2,1H3,(H,32,37)(H,33,38)(H,31,34,36)/t23-,24+,25+/m1/s1. The monoisotopic (exact) mass is 565 g/mol. The molecule has 0 saturated carbocycles. The van der Waals surface area contributed by atoms with Crippen LogP contribution in [-0.2, 0) is 25.5 Å². The first-order valence-electron chi connectivity index (χ1n) is 14.2. The Balaban J connectivity index is 1.32. The van der Waals surface area contributed by atoms with Crippen molar-refractivity contribution in [2.75, 3.05) is 38.2 Å². The second-order valence-corrected chi connectivity index (χ2v) is 12.5. The van der Waals surface area contributed by atoms with E-state index in [4.69, 9.17) is 4.74 Å². The van der Waals surface area contributed by atoms with Gasteiger partial charge in [-0.15, -0.1) is 11.3 Å². The fourth-order valence-electron chi connectivity index (χ4n) is 5.97. The minimum atomic E-state index is -0.663. The van der Waals surface area contributed by atoms with E-state index in [1.165, 1.54) is 11.3 Å². The predicted octanol–water partition coefficient (Wildman–Crippen LogP) is 3.07. The van der Waals surface area contributed by atoms with Crippen LogP contribution in [0.4, 0.5) is 5.13 Å². The van der Waals surface area contributed by atoms with E-state index in [0.717, 1.165) is 23.3 Å². The van der Waals surface area contributed by atoms with E-state index in [1.807, 2.05) is 37.3 Å². The smallest absolute Gasteiger partial charge is 0.243 e. The maximum absolute atomic E-state index is 13.7. The number of benzene rings is 1. The highest BCUT2D eigenvalue weighted by Crippen LogP contribution is 2.36. The second kappa shape index (κ2) is 13.1. The number of hydrogen-bond donors (Lipinski definition) is 3. The first-order chi connectivity index (χ1) is 19.4. The van der Waals surface area contributed by atoms with Crippen LogP contribution in [0.15, 0.2) is 48.7 Å². The third-order valence-corrected chi connectivity index (χ3v) is 9.16. The third-order valence-electron chi connectivity index (χ3n) is 8.33. The van der Waals surface area contributed by atoms with Gasteiger partial charge in [-0.05, 0) is 50.5 Å². The molecule has 2 saturated heterocycles. The molecule has 0 bridgehead atoms. The number of nitrogens with zero attached hydrogens (tertiary/aromatic N) is 2. The minimum Gasteiger partial charge on any atom is -0.381 e. The van der Waals surface area contributed by atoms with Gasteiger partial charge in [-0.2, -0.15) is 0 Å². The van der Waals surface area contributed by atoms with Gasteiger partial charge in [0.25, 0.3) is 0 Å². The van der Waals surface area contributed by atoms with Gasteiger partial charge < -0.3 is 20.7 Å². The fourth-order valence-corrected chi connectivity index (χ4v) is 6.65. The number of aryl methyl sites for hydroxylation is 1. The molecule has 1 spiro atoms. The Morgan fingerprint density at radius 2 is 1.98 bits per heavy atom. The van der Waals surface area contributed by atoms with Gasteiger partial charge in [-0.3, -0.25) is 19.3 Å². The largest absolute Gasteiger partial charge is 0.381 e. The molecule has 214 valence electrons. The average Bonchev–Trinajstić information content (AvgIpc) is 3.36. The Kier molecular flexibility index (Phi) is 9.29. The van der Waals surface area contributed by atoms with Crippen LogP contribution in [0.1, 0.15) is 42.5 Å². The maximum atomic E-state index is 13.7. The Hall–Kier alpha value is -3.08. The van der Waals surface area contributed by atoms with E-state index in [0.29, 0.717) is 57.1 Å². The molecular weight excluding hydrogens is 526 g/mol. The van der Waals surface area contributed by atoms with Gasteiger partial charge in [-0.1, -0.05) is 42.5 Å². The molecule has 0 radical (unpaired) electrons. The Morgan fingerprint density at radius 1 is 1.18 bits per heavy atom. The zero-order valence-corrected chi connectivity index (χ0v) is 23.9. The summed E-state index contributed by atoms with van der Waals surface area (Å²) in [4.78, 5) is 47.6. The van der Waals surface area contributed by atoms with E-state index >= 15 is 0 Å². The number of rotatable bonds is 5. The summed E-state index contributed by atoms with van der Waals surface area (Å²) in [6.07, 6.45) is 9.87. The maximum Gasteiger partial charge on any atom is 0.243 e. The lowest BCUT2D eigenvalue weighted by Gasteiger charge is -2.40. The van der Waals surface area contributed by atoms with Crippen molar-refractivity contribution in [2.45, 2.75) is 57.5 Å². The molecule has 4 heterocycles. The molecule has 40 heavy (non-hydrogen) atoms. The van der Waals surface area contributed by atoms with E-state index in [1.54, 1.807) is 6.20 Å². The number of anilines is 1. The van der Waals surface area contributed by atoms with Gasteiger partial charge in [0.2, 0.25) is 17.7 Å². The molecule has 9 nitrogen and oxygen atoms in total. The lowest BCUT2D eigenvalue weighted by Crippen LogP contribution is -2.58. The summed E-state index contributed by atoms with van der Waals surface area (Å²) < 4.78 is 5.59. The normalized spacial score (nSPS) is 25.7. The average molecular weight is 566 g/mol. The third kappa shape index (κ3) is 7.16. The van der Waals surface area contributed by atoms with Gasteiger partial charge in [0.1, 0.15) is 6.04 Å². The van der Waals surface area contributed by atoms with Gasteiger partial charge >= 0.3 is 0 Å². The molecule has 0 unspecified atom stereocenters. The summed E-state index contributed by atoms with van der Waals surface area (Å²) in [6, 6.07) is 9.13. The second-order valence-electron chi connectivity index (χ2n) is 11.2. The van der Waals surface area contributed by atoms with E-state index in [9.17, 15) is 14.4 Å². The molecule has 3 N–H and O–H groups in total. The van der Waals surface area contributed by atoms with Crippen molar-refractivity contribution in [1.29, 1.82) is 0 Å². The molecule has 3 atom stereocenters. The number of nitrogens with one attached hydrogen (secondary N) is 3. The van der Waals surface area contributed by atoms with E-state index in [-0.39, 0.29) is 36.2 Å². The number of aromatic nitrogens is 1. The SMILES string of the molecule is Cc1cnc(NC(=O)CN2CC[C@@H]3NC(=O)[C@H](Cc4ccccc4)NC(=O)C4(CC=CC[C@@H]3C2)CCOCC4)s1. The Morgan fingerprint density at radius 3 is 2.73 bits per heavy atom. The minimum absolute atomic E-state index is 0.0373. The van der Waals surface area contributed by atoms with Crippen LogP contribution in [0.3, 0.4) is 0 Å². The predicted molar refractivity (Wildman–Crippen MR) is 155 cm³/mol. The molecule has 2 fully saturated rings. The number of fused-ring (bicyclic) bond motifs is 1. The lowest BCUT2D eigenvalue weighted by molar-refractivity contribution is -0.140. The molecular formula is C30H39N5O4S. The number of likely N-dealkylation sites (tertiary alicyclic amines) is 1. The van der Waals surface area contributed by atoms with Crippen LogP contribution in [0.2, 0.25) is 0 Å². The lowest BCUT2D eigenvalue weighted by atomic mass is 9.75. The zero-order valence-electron chi connectivity index (χ0n) is 23.1. The number of thiazole rings is 1. The molecule has 2 aromatic rings. The van der Waals surface area contributed by atoms with E-state index in [2.05, 4.69) is 38.0 Å². The van der Waals surface area contributed by atoms with Crippen molar-refractivity contribution in [3.63, 3.8) is 0 Å². The summed E-state index contributed by atoms with van der Waals surface area (Å²) in [7, 11) is 0. The van der Waals surface area contributed by atoms with Crippen molar-refractivity contribution < 1.29 is 19.1 Å². The molecule has 1 aromatic heterocycles. The number of allylic oxidation sites excluding steroid dienone is 2. The van der Waals surface area contributed by atoms with Crippen molar-refractivity contribution >= 4 is 34.2 Å². The van der Waals surface area contributed by atoms with Gasteiger partial charge in [0.15, 0.2) is 5.13 Å². The highest BCUT2D eigenvalue weighted by Gasteiger charge is 2.41. The van der Waals surface area contributed by atoms with Crippen LogP contribution in [-0.4, -0.2) is 72.5 Å². The summed E-state index contributed by atoms with van der Waals surface area (Å²) in [5.74, 6) is -0.135. The number of amides is 3. The van der Waals surface area contributed by atoms with E-state index < -0.39 is 11.5 Å². The summed E-state index contributed by atoms with van der Waals surface area (Å²) in [5, 5.41) is 9.95. The molecule has 3 amide bonds. The Labute approximate surface area is 239 Å². The first-order valence-corrected chi connectivity index (χ1v) is 15.0. The van der Waals surface area contributed by atoms with Crippen LogP contribution >= 0.6 is 11.3 Å². The molecule has 0 aliphatic carbocycles. The number of hydrogen-bond acceptors (Lipinski definition) is 7. The van der Waals surface area contributed by atoms with Crippen LogP contribution in [0.5, 0.6) is 0 Å². The molecule has 1 aromatic carbocycles. The number of carbonyl (C=O) groups is 3. The summed E-state index contributed by atoms with van der Waals surface area (Å²) in [5.41, 5.74) is 0.428. The van der Waals surface area contributed by atoms with Crippen LogP contribution in [0, 0.1) is 18.3 Å². The molecule has 10 heteroatoms. The summed E-state index contributed by atoms with van der Waals surface area (Å²) in [6.45, 7) is 4.74. The number of carbonyl (C=O) groups excluding carboxylic acids is 3. The van der Waals surface area contributed by atoms with Crippen LogP contribution in [0.25, 0.3) is 0 Å². The molecule has 5 rings (SSSR count). The number of piperidine rings is 1. The van der Waals surface area contributed by atoms with Crippen molar-refractivity contribution in [2.24, 2.45) is 11.3 Å². The first kappa shape index (κ1) is 28.4. The fraction of sp³-hybridized carbons (Fsp3) is 0.533. The topological polar surface area (TPSA) is 113 Å². The summed E-state index contributed by atoms with van der Waals surface area (Å²) >= 11 is 1.46. The van der Waals surface area contributed by atoms with Crippen molar-refractivity contribution in [3.05, 3.63) is 59.1 Å². The van der Waals surface area contributed by atoms with Gasteiger partial charge in [0, 0.05) is 49.8 Å². The van der Waals surface area contributed by atoms with Crippen LogP contribution < -0.4 is 16.0 Å². The van der Waals surface area contributed by atoms with Crippen molar-refractivity contribution in [3.8, 4) is 0 Å².